The van der Waals surface area contributed by atoms with E-state index in [0.717, 1.165) is 47.9 Å². The zero-order valence-corrected chi connectivity index (χ0v) is 44.0. The Morgan fingerprint density at radius 2 is 1.44 bits per heavy atom. The van der Waals surface area contributed by atoms with Gasteiger partial charge in [-0.15, -0.1) is 0 Å². The largest absolute Gasteiger partial charge is 0.477 e. The first kappa shape index (κ1) is 56.1. The van der Waals surface area contributed by atoms with E-state index in [9.17, 15) is 41.5 Å². The fraction of sp³-hybridized carbons (Fsp3) is 0.528. The van der Waals surface area contributed by atoms with Gasteiger partial charge in [-0.1, -0.05) is 51.1 Å². The number of H-pyrrole nitrogens is 1. The van der Waals surface area contributed by atoms with Gasteiger partial charge in [0.15, 0.2) is 14.1 Å². The zero-order valence-electron chi connectivity index (χ0n) is 43.0. The van der Waals surface area contributed by atoms with Crippen LogP contribution in [0.25, 0.3) is 22.5 Å². The van der Waals surface area contributed by atoms with Crippen LogP contribution >= 0.6 is 0 Å². The quantitative estimate of drug-likeness (QED) is 0.0435. The lowest BCUT2D eigenvalue weighted by molar-refractivity contribution is -0.231. The number of rotatable bonds is 17. The number of halogens is 4. The van der Waals surface area contributed by atoms with Gasteiger partial charge in [-0.2, -0.15) is 22.7 Å². The molecule has 73 heavy (non-hydrogen) atoms. The maximum Gasteiger partial charge on any atom is 0.411 e. The highest BCUT2D eigenvalue weighted by Crippen LogP contribution is 2.42. The second-order valence-electron chi connectivity index (χ2n) is 21.9. The molecule has 0 aliphatic heterocycles. The van der Waals surface area contributed by atoms with Crippen LogP contribution in [0.2, 0.25) is 18.1 Å². The molecule has 0 bridgehead atoms. The number of aromatic nitrogens is 3. The first-order chi connectivity index (χ1) is 34.0. The molecule has 0 radical (unpaired) electrons. The van der Waals surface area contributed by atoms with E-state index in [1.807, 2.05) is 49.4 Å². The number of ether oxygens (including phenoxy) is 1. The van der Waals surface area contributed by atoms with Crippen LogP contribution in [0.5, 0.6) is 0 Å². The minimum Gasteiger partial charge on any atom is -0.477 e. The number of hydrogen-bond acceptors (Lipinski definition) is 9. The van der Waals surface area contributed by atoms with Gasteiger partial charge in [0.05, 0.1) is 0 Å². The number of aromatic amines is 1. The Morgan fingerprint density at radius 3 is 2.01 bits per heavy atom. The van der Waals surface area contributed by atoms with Gasteiger partial charge in [0.2, 0.25) is 17.6 Å². The number of alkyl halides is 4. The molecule has 3 aromatic carbocycles. The molecule has 2 aliphatic carbocycles. The molecule has 0 saturated heterocycles. The summed E-state index contributed by atoms with van der Waals surface area (Å²) in [5.74, 6) is -17.0. The summed E-state index contributed by atoms with van der Waals surface area (Å²) in [6, 6.07) is 17.7. The summed E-state index contributed by atoms with van der Waals surface area (Å²) in [7, 11) is -1.88. The average molecular weight is 1040 g/mol. The summed E-state index contributed by atoms with van der Waals surface area (Å²) < 4.78 is 68.4. The number of hydrogen-bond donors (Lipinski definition) is 6. The van der Waals surface area contributed by atoms with E-state index >= 15 is 0 Å². The Labute approximate surface area is 424 Å². The number of carbonyl (C=O) groups is 5. The SMILES string of the molecule is Cc1cc(C(=O)NC2CCC(O[Si](C)(C)C(C)(C)C)CC2)ccc1-c1ccc(C[C@H](NC(=O)C2CCC(CNC(=O)OC(C)(C)C)CC2)C(=O)Nc2ccc(-c3n[nH]c(C(F)(F)C(F)(F)C(=O)O)n3)cc2)cc1. The van der Waals surface area contributed by atoms with Crippen LogP contribution in [0.15, 0.2) is 66.7 Å². The lowest BCUT2D eigenvalue weighted by atomic mass is 9.81. The molecule has 1 atom stereocenters. The minimum atomic E-state index is -5.46. The summed E-state index contributed by atoms with van der Waals surface area (Å²) in [6.45, 7) is 19.0. The summed E-state index contributed by atoms with van der Waals surface area (Å²) in [4.78, 5) is 67.8. The maximum absolute atomic E-state index is 14.4. The number of carboxylic acids is 1. The number of nitrogens with one attached hydrogen (secondary N) is 5. The molecule has 1 aromatic heterocycles. The molecule has 0 unspecified atom stereocenters. The number of aryl methyl sites for hydroxylation is 1. The molecular weight excluding hydrogens is 967 g/mol. The van der Waals surface area contributed by atoms with E-state index in [-0.39, 0.29) is 58.5 Å². The van der Waals surface area contributed by atoms with Gasteiger partial charge in [0.1, 0.15) is 11.6 Å². The third-order valence-corrected chi connectivity index (χ3v) is 18.6. The molecular formula is C53H69F4N7O8Si. The zero-order chi connectivity index (χ0) is 53.7. The van der Waals surface area contributed by atoms with E-state index in [1.54, 1.807) is 25.9 Å². The molecule has 2 aliphatic rings. The second-order valence-corrected chi connectivity index (χ2v) is 26.7. The van der Waals surface area contributed by atoms with E-state index < -0.39 is 61.4 Å². The van der Waals surface area contributed by atoms with Crippen molar-refractivity contribution in [3.63, 3.8) is 0 Å². The van der Waals surface area contributed by atoms with Crippen LogP contribution in [0.1, 0.15) is 120 Å². The number of aliphatic carboxylic acids is 1. The van der Waals surface area contributed by atoms with Crippen molar-refractivity contribution in [2.24, 2.45) is 11.8 Å². The molecule has 0 spiro atoms. The van der Waals surface area contributed by atoms with Crippen LogP contribution in [0.4, 0.5) is 28.0 Å². The Morgan fingerprint density at radius 1 is 0.822 bits per heavy atom. The van der Waals surface area contributed by atoms with Crippen LogP contribution in [-0.4, -0.2) is 94.6 Å². The third-order valence-electron chi connectivity index (χ3n) is 14.1. The topological polar surface area (TPSA) is 214 Å². The number of carboxylic acid groups (broad SMARTS) is 1. The van der Waals surface area contributed by atoms with E-state index in [2.05, 4.69) is 65.2 Å². The fourth-order valence-corrected chi connectivity index (χ4v) is 10.2. The van der Waals surface area contributed by atoms with Crippen LogP contribution < -0.4 is 21.3 Å². The van der Waals surface area contributed by atoms with Gasteiger partial charge in [-0.05, 0) is 162 Å². The summed E-state index contributed by atoms with van der Waals surface area (Å²) in [5.41, 5.74) is 3.70. The van der Waals surface area contributed by atoms with Crippen molar-refractivity contribution in [2.45, 2.75) is 160 Å². The maximum atomic E-state index is 14.4. The van der Waals surface area contributed by atoms with Crippen LogP contribution in [0.3, 0.4) is 0 Å². The predicted molar refractivity (Wildman–Crippen MR) is 271 cm³/mol. The van der Waals surface area contributed by atoms with Gasteiger partial charge in [0.25, 0.3) is 5.91 Å². The average Bonchev–Trinajstić information content (AvgIpc) is 3.82. The van der Waals surface area contributed by atoms with Crippen molar-refractivity contribution in [3.8, 4) is 22.5 Å². The summed E-state index contributed by atoms with van der Waals surface area (Å²) in [6.07, 6.45) is 5.76. The van der Waals surface area contributed by atoms with Gasteiger partial charge in [-0.3, -0.25) is 19.5 Å². The molecule has 15 nitrogen and oxygen atoms in total. The number of benzene rings is 3. The van der Waals surface area contributed by atoms with Crippen molar-refractivity contribution < 1.29 is 55.8 Å². The number of alkyl carbamates (subject to hydrolysis) is 1. The molecule has 2 saturated carbocycles. The van der Waals surface area contributed by atoms with Gasteiger partial charge in [-0.25, -0.2) is 14.6 Å². The number of nitrogens with zero attached hydrogens (tertiary/aromatic N) is 2. The fourth-order valence-electron chi connectivity index (χ4n) is 8.79. The third kappa shape index (κ3) is 14.3. The normalized spacial score (nSPS) is 19.3. The molecule has 4 aromatic rings. The van der Waals surface area contributed by atoms with Crippen LogP contribution in [0, 0.1) is 18.8 Å². The Hall–Kier alpha value is -6.15. The smallest absolute Gasteiger partial charge is 0.411 e. The molecule has 20 heteroatoms. The van der Waals surface area contributed by atoms with Crippen molar-refractivity contribution in [1.82, 2.24) is 31.1 Å². The number of carbonyl (C=O) groups excluding carboxylic acids is 4. The molecule has 6 rings (SSSR count). The molecule has 4 amide bonds. The Kier molecular flexibility index (Phi) is 17.3. The Balaban J connectivity index is 1.11. The lowest BCUT2D eigenvalue weighted by Crippen LogP contribution is -2.48. The predicted octanol–water partition coefficient (Wildman–Crippen LogP) is 10.3. The lowest BCUT2D eigenvalue weighted by Gasteiger charge is -2.41. The highest BCUT2D eigenvalue weighted by molar-refractivity contribution is 6.74. The summed E-state index contributed by atoms with van der Waals surface area (Å²) >= 11 is 0. The molecule has 6 N–H and O–H groups in total. The van der Waals surface area contributed by atoms with Gasteiger partial charge >= 0.3 is 23.9 Å². The van der Waals surface area contributed by atoms with Crippen LogP contribution in [-0.2, 0) is 35.9 Å². The van der Waals surface area contributed by atoms with E-state index in [4.69, 9.17) is 14.3 Å². The van der Waals surface area contributed by atoms with E-state index in [0.29, 0.717) is 37.8 Å². The number of anilines is 1. The van der Waals surface area contributed by atoms with Gasteiger partial charge < -0.3 is 35.5 Å². The van der Waals surface area contributed by atoms with Crippen molar-refractivity contribution in [1.29, 1.82) is 0 Å². The first-order valence-corrected chi connectivity index (χ1v) is 27.7. The molecule has 396 valence electrons. The number of amides is 4. The van der Waals surface area contributed by atoms with Gasteiger partial charge in [0, 0.05) is 47.8 Å². The highest BCUT2D eigenvalue weighted by atomic mass is 28.4. The molecule has 1 heterocycles. The summed E-state index contributed by atoms with van der Waals surface area (Å²) in [5, 5.41) is 25.8. The van der Waals surface area contributed by atoms with Crippen molar-refractivity contribution >= 4 is 43.8 Å². The molecule has 2 fully saturated rings. The van der Waals surface area contributed by atoms with E-state index in [1.165, 1.54) is 24.3 Å². The monoisotopic (exact) mass is 1040 g/mol. The van der Waals surface area contributed by atoms with Crippen molar-refractivity contribution in [2.75, 3.05) is 11.9 Å². The first-order valence-electron chi connectivity index (χ1n) is 24.8. The minimum absolute atomic E-state index is 0.0753. The second kappa shape index (κ2) is 22.5. The van der Waals surface area contributed by atoms with Crippen molar-refractivity contribution in [3.05, 3.63) is 89.2 Å². The Bertz CT molecular complexity index is 2600. The highest BCUT2D eigenvalue weighted by Gasteiger charge is 2.65. The standard InChI is InChI=1S/C53H69F4N7O8Si/c1-31-28-37(45(66)59-39-23-25-40(26-24-39)72-73(8,9)51(5,6)7)20-27-41(31)34-14-10-32(11-15-34)29-42(61-44(65)36-16-12-33(13-17-36)30-58-49(70)71-50(2,3)4)46(67)60-38-21-18-35(19-22-38)43-62-47(64-63-43)52(54,55)53(56,57)48(68)69/h10-11,14-15,18-22,27-28,33,36,39-40,42H,12-13,16-17,23-26,29-30H2,1-9H3,(H,58,70)(H,59,66)(H,60,67)(H,61,65)(H,68,69)(H,62,63,64)/t33?,36?,39?,40?,42-/m0/s1.